The molecule has 0 radical (unpaired) electrons. The third kappa shape index (κ3) is 3.60. The van der Waals surface area contributed by atoms with Crippen LogP contribution in [0, 0.1) is 5.92 Å². The number of rotatable bonds is 5. The summed E-state index contributed by atoms with van der Waals surface area (Å²) in [4.78, 5) is 0. The fraction of sp³-hybridized carbons (Fsp3) is 0.571. The highest BCUT2D eigenvalue weighted by Crippen LogP contribution is 2.25. The van der Waals surface area contributed by atoms with Gasteiger partial charge in [-0.2, -0.15) is 0 Å². The van der Waals surface area contributed by atoms with Gasteiger partial charge in [-0.1, -0.05) is 34.5 Å². The molecule has 0 aromatic heterocycles. The van der Waals surface area contributed by atoms with E-state index in [0.29, 0.717) is 6.04 Å². The molecule has 0 heterocycles. The summed E-state index contributed by atoms with van der Waals surface area (Å²) < 4.78 is 1.16. The maximum absolute atomic E-state index is 3.64. The van der Waals surface area contributed by atoms with Crippen LogP contribution in [0.1, 0.15) is 31.7 Å². The third-order valence-corrected chi connectivity index (χ3v) is 3.96. The Balaban J connectivity index is 1.73. The Morgan fingerprint density at radius 2 is 2.00 bits per heavy atom. The summed E-state index contributed by atoms with van der Waals surface area (Å²) in [5, 5.41) is 3.64. The third-order valence-electron chi connectivity index (χ3n) is 3.43. The smallest absolute Gasteiger partial charge is 0.0175 e. The van der Waals surface area contributed by atoms with Gasteiger partial charge in [0, 0.05) is 10.5 Å². The van der Waals surface area contributed by atoms with E-state index in [4.69, 9.17) is 0 Å². The molecule has 0 amide bonds. The second kappa shape index (κ2) is 5.83. The quantitative estimate of drug-likeness (QED) is 0.867. The molecule has 0 bridgehead atoms. The molecule has 1 unspecified atom stereocenters. The van der Waals surface area contributed by atoms with Gasteiger partial charge in [-0.3, -0.25) is 0 Å². The number of hydrogen-bond acceptors (Lipinski definition) is 1. The van der Waals surface area contributed by atoms with E-state index in [1.807, 2.05) is 0 Å². The Labute approximate surface area is 107 Å². The Morgan fingerprint density at radius 3 is 2.56 bits per heavy atom. The van der Waals surface area contributed by atoms with Gasteiger partial charge in [0.1, 0.15) is 0 Å². The molecule has 1 aromatic rings. The van der Waals surface area contributed by atoms with Gasteiger partial charge < -0.3 is 5.32 Å². The second-order valence-corrected chi connectivity index (χ2v) is 5.85. The van der Waals surface area contributed by atoms with E-state index in [9.17, 15) is 0 Å². The van der Waals surface area contributed by atoms with Crippen LogP contribution in [-0.4, -0.2) is 12.6 Å². The van der Waals surface area contributed by atoms with E-state index in [0.717, 1.165) is 16.8 Å². The molecule has 1 aromatic carbocycles. The van der Waals surface area contributed by atoms with Gasteiger partial charge in [0.2, 0.25) is 0 Å². The highest BCUT2D eigenvalue weighted by atomic mass is 79.9. The molecule has 2 heteroatoms. The first kappa shape index (κ1) is 12.1. The summed E-state index contributed by atoms with van der Waals surface area (Å²) >= 11 is 3.46. The predicted molar refractivity (Wildman–Crippen MR) is 72.7 cm³/mol. The lowest BCUT2D eigenvalue weighted by Gasteiger charge is -2.27. The number of halogens is 1. The van der Waals surface area contributed by atoms with Crippen molar-refractivity contribution in [2.75, 3.05) is 6.54 Å². The van der Waals surface area contributed by atoms with Gasteiger partial charge in [-0.05, 0) is 56.3 Å². The monoisotopic (exact) mass is 281 g/mol. The fourth-order valence-corrected chi connectivity index (χ4v) is 2.38. The van der Waals surface area contributed by atoms with E-state index in [1.165, 1.54) is 31.4 Å². The molecule has 1 fully saturated rings. The van der Waals surface area contributed by atoms with Crippen molar-refractivity contribution < 1.29 is 0 Å². The Hall–Kier alpha value is -0.340. The maximum atomic E-state index is 3.64. The van der Waals surface area contributed by atoms with Crippen molar-refractivity contribution in [3.8, 4) is 0 Å². The van der Waals surface area contributed by atoms with Crippen LogP contribution >= 0.6 is 15.9 Å². The van der Waals surface area contributed by atoms with Crippen molar-refractivity contribution >= 4 is 15.9 Å². The van der Waals surface area contributed by atoms with Crippen LogP contribution in [0.4, 0.5) is 0 Å². The van der Waals surface area contributed by atoms with Crippen molar-refractivity contribution in [3.05, 3.63) is 34.3 Å². The van der Waals surface area contributed by atoms with Crippen LogP contribution in [0.2, 0.25) is 0 Å². The number of hydrogen-bond donors (Lipinski definition) is 1. The normalized spacial score (nSPS) is 18.1. The van der Waals surface area contributed by atoms with Crippen LogP contribution < -0.4 is 5.32 Å². The minimum absolute atomic E-state index is 0.585. The first-order valence-corrected chi connectivity index (χ1v) is 7.01. The first-order valence-electron chi connectivity index (χ1n) is 6.22. The molecular formula is C14H20BrN. The molecule has 1 nitrogen and oxygen atoms in total. The van der Waals surface area contributed by atoms with Crippen LogP contribution in [-0.2, 0) is 6.42 Å². The van der Waals surface area contributed by atoms with E-state index >= 15 is 0 Å². The summed E-state index contributed by atoms with van der Waals surface area (Å²) in [6.45, 7) is 3.48. The average Bonchev–Trinajstić information content (AvgIpc) is 2.19. The van der Waals surface area contributed by atoms with Crippen LogP contribution in [0.5, 0.6) is 0 Å². The Bertz CT molecular complexity index is 316. The number of nitrogens with one attached hydrogen (secondary N) is 1. The molecule has 0 spiro atoms. The van der Waals surface area contributed by atoms with E-state index in [1.54, 1.807) is 0 Å². The largest absolute Gasteiger partial charge is 0.314 e. The molecule has 2 rings (SSSR count). The van der Waals surface area contributed by atoms with Crippen LogP contribution in [0.3, 0.4) is 0 Å². The summed E-state index contributed by atoms with van der Waals surface area (Å²) in [5.41, 5.74) is 1.41. The highest BCUT2D eigenvalue weighted by Gasteiger charge is 2.17. The molecule has 1 N–H and O–H groups in total. The summed E-state index contributed by atoms with van der Waals surface area (Å²) in [6, 6.07) is 9.22. The Morgan fingerprint density at radius 1 is 1.31 bits per heavy atom. The molecule has 16 heavy (non-hydrogen) atoms. The zero-order chi connectivity index (χ0) is 11.4. The molecule has 1 aliphatic rings. The van der Waals surface area contributed by atoms with E-state index < -0.39 is 0 Å². The molecule has 0 saturated heterocycles. The van der Waals surface area contributed by atoms with Gasteiger partial charge in [-0.15, -0.1) is 0 Å². The van der Waals surface area contributed by atoms with Crippen LogP contribution in [0.25, 0.3) is 0 Å². The lowest BCUT2D eigenvalue weighted by Crippen LogP contribution is -2.34. The van der Waals surface area contributed by atoms with Gasteiger partial charge in [0.25, 0.3) is 0 Å². The Kier molecular flexibility index (Phi) is 4.42. The molecule has 88 valence electrons. The molecular weight excluding hydrogens is 262 g/mol. The second-order valence-electron chi connectivity index (χ2n) is 4.94. The topological polar surface area (TPSA) is 12.0 Å². The van der Waals surface area contributed by atoms with E-state index in [-0.39, 0.29) is 0 Å². The molecule has 1 atom stereocenters. The maximum Gasteiger partial charge on any atom is 0.0175 e. The summed E-state index contributed by atoms with van der Waals surface area (Å²) in [5.74, 6) is 0.951. The van der Waals surface area contributed by atoms with Crippen molar-refractivity contribution in [1.82, 2.24) is 5.32 Å². The zero-order valence-electron chi connectivity index (χ0n) is 9.88. The highest BCUT2D eigenvalue weighted by molar-refractivity contribution is 9.10. The van der Waals surface area contributed by atoms with Crippen molar-refractivity contribution in [2.45, 2.75) is 38.6 Å². The van der Waals surface area contributed by atoms with Gasteiger partial charge in [0.15, 0.2) is 0 Å². The SMILES string of the molecule is CC(Cc1ccc(Br)cc1)NCC1CCC1. The zero-order valence-corrected chi connectivity index (χ0v) is 11.5. The molecule has 0 aliphatic heterocycles. The molecule has 1 aliphatic carbocycles. The van der Waals surface area contributed by atoms with Crippen LogP contribution in [0.15, 0.2) is 28.7 Å². The number of benzene rings is 1. The average molecular weight is 282 g/mol. The van der Waals surface area contributed by atoms with E-state index in [2.05, 4.69) is 52.4 Å². The van der Waals surface area contributed by atoms with Crippen molar-refractivity contribution in [2.24, 2.45) is 5.92 Å². The minimum Gasteiger partial charge on any atom is -0.314 e. The summed E-state index contributed by atoms with van der Waals surface area (Å²) in [6.07, 6.45) is 5.42. The molecule has 1 saturated carbocycles. The van der Waals surface area contributed by atoms with Gasteiger partial charge >= 0.3 is 0 Å². The predicted octanol–water partition coefficient (Wildman–Crippen LogP) is 3.77. The lowest BCUT2D eigenvalue weighted by atomic mass is 9.85. The van der Waals surface area contributed by atoms with Gasteiger partial charge in [0.05, 0.1) is 0 Å². The lowest BCUT2D eigenvalue weighted by molar-refractivity contribution is 0.291. The summed E-state index contributed by atoms with van der Waals surface area (Å²) in [7, 11) is 0. The first-order chi connectivity index (χ1) is 7.74. The van der Waals surface area contributed by atoms with Gasteiger partial charge in [-0.25, -0.2) is 0 Å². The fourth-order valence-electron chi connectivity index (χ4n) is 2.11. The van der Waals surface area contributed by atoms with Crippen molar-refractivity contribution in [3.63, 3.8) is 0 Å². The minimum atomic E-state index is 0.585. The standard InChI is InChI=1S/C14H20BrN/c1-11(16-10-13-3-2-4-13)9-12-5-7-14(15)8-6-12/h5-8,11,13,16H,2-4,9-10H2,1H3. The van der Waals surface area contributed by atoms with Crippen molar-refractivity contribution in [1.29, 1.82) is 0 Å².